The standard InChI is InChI=1S/C44H40N4S6/c1-45-19-11-37(12-20-45)39-15-23-47(24-16-39)27-33-3-7-35(8-4-33)29-49-41-31-51-43(53-41)44-52-32-42(54-44)50-30-36-9-5-34(6-10-36)28-48-25-17-40(18-26-48)38-13-21-46(2)22-14-38/h3-26,31-32H,27-30H2,1-2H3/q+4/b44-43+. The topological polar surface area (TPSA) is 15.5 Å². The molecular formula is C44H40N4S6+4. The molecule has 2 aliphatic heterocycles. The molecule has 6 heterocycles. The second-order valence-electron chi connectivity index (χ2n) is 13.1. The molecule has 4 nitrogen and oxygen atoms in total. The lowest BCUT2D eigenvalue weighted by atomic mass is 10.1. The molecule has 268 valence electrons. The predicted molar refractivity (Wildman–Crippen MR) is 234 cm³/mol. The number of benzene rings is 2. The molecule has 54 heavy (non-hydrogen) atoms. The van der Waals surface area contributed by atoms with E-state index in [4.69, 9.17) is 0 Å². The molecule has 0 amide bonds. The van der Waals surface area contributed by atoms with Gasteiger partial charge >= 0.3 is 0 Å². The first-order valence-corrected chi connectivity index (χ1v) is 23.0. The molecule has 2 aliphatic rings. The number of nitrogens with zero attached hydrogens (tertiary/aromatic N) is 4. The van der Waals surface area contributed by atoms with Crippen LogP contribution in [0.15, 0.2) is 174 Å². The Labute approximate surface area is 343 Å². The van der Waals surface area contributed by atoms with Crippen LogP contribution in [-0.4, -0.2) is 0 Å². The average molecular weight is 817 g/mol. The monoisotopic (exact) mass is 816 g/mol. The molecule has 8 rings (SSSR count). The lowest BCUT2D eigenvalue weighted by Crippen LogP contribution is -2.33. The minimum absolute atomic E-state index is 0.867. The Hall–Kier alpha value is -3.64. The van der Waals surface area contributed by atoms with Gasteiger partial charge in [0.05, 0.1) is 16.9 Å². The fourth-order valence-electron chi connectivity index (χ4n) is 5.90. The zero-order valence-electron chi connectivity index (χ0n) is 30.1. The second-order valence-corrected chi connectivity index (χ2v) is 20.1. The van der Waals surface area contributed by atoms with Crippen LogP contribution in [0.5, 0.6) is 0 Å². The van der Waals surface area contributed by atoms with Crippen molar-refractivity contribution in [3.63, 3.8) is 0 Å². The summed E-state index contributed by atoms with van der Waals surface area (Å²) >= 11 is 11.5. The molecule has 0 bridgehead atoms. The fraction of sp³-hybridized carbons (Fsp3) is 0.136. The molecule has 0 spiro atoms. The molecule has 0 radical (unpaired) electrons. The number of aromatic nitrogens is 4. The van der Waals surface area contributed by atoms with Crippen molar-refractivity contribution < 1.29 is 18.3 Å². The van der Waals surface area contributed by atoms with Gasteiger partial charge in [-0.1, -0.05) is 95.6 Å². The molecule has 4 aromatic heterocycles. The van der Waals surface area contributed by atoms with E-state index in [1.165, 1.54) is 61.5 Å². The van der Waals surface area contributed by atoms with Crippen molar-refractivity contribution in [3.05, 3.63) is 197 Å². The molecule has 0 N–H and O–H groups in total. The SMILES string of the molecule is C[n+]1ccc(-c2cc[n+](Cc3ccc(CSC4=CS/C(=C5/SC=C(SCc6ccc(C[n+]7ccc(-c8cc[n+](C)cc8)cc7)cc6)S5)S4)cc3)cc2)cc1. The summed E-state index contributed by atoms with van der Waals surface area (Å²) in [4.78, 5) is 0. The maximum absolute atomic E-state index is 2.32. The summed E-state index contributed by atoms with van der Waals surface area (Å²) in [5.41, 5.74) is 10.3. The highest BCUT2D eigenvalue weighted by Gasteiger charge is 2.22. The number of aryl methyl sites for hydroxylation is 2. The predicted octanol–water partition coefficient (Wildman–Crippen LogP) is 10.2. The summed E-state index contributed by atoms with van der Waals surface area (Å²) in [7, 11) is 4.09. The van der Waals surface area contributed by atoms with Gasteiger partial charge in [-0.15, -0.1) is 23.5 Å². The van der Waals surface area contributed by atoms with Crippen LogP contribution in [-0.2, 0) is 38.7 Å². The Bertz CT molecular complexity index is 2140. The van der Waals surface area contributed by atoms with Crippen LogP contribution in [0.3, 0.4) is 0 Å². The first-order valence-electron chi connectivity index (χ1n) is 17.6. The third kappa shape index (κ3) is 9.96. The zero-order valence-corrected chi connectivity index (χ0v) is 35.0. The molecule has 0 fully saturated rings. The van der Waals surface area contributed by atoms with Crippen LogP contribution in [0, 0.1) is 0 Å². The third-order valence-electron chi connectivity index (χ3n) is 9.02. The molecule has 10 heteroatoms. The van der Waals surface area contributed by atoms with Gasteiger partial charge in [-0.2, -0.15) is 0 Å². The van der Waals surface area contributed by atoms with Crippen LogP contribution in [0.25, 0.3) is 22.3 Å². The van der Waals surface area contributed by atoms with Gasteiger partial charge < -0.3 is 0 Å². The maximum atomic E-state index is 2.32. The highest BCUT2D eigenvalue weighted by atomic mass is 32.2. The van der Waals surface area contributed by atoms with Crippen LogP contribution in [0.4, 0.5) is 0 Å². The highest BCUT2D eigenvalue weighted by molar-refractivity contribution is 8.39. The van der Waals surface area contributed by atoms with E-state index in [1.54, 1.807) is 0 Å². The second kappa shape index (κ2) is 17.9. The Morgan fingerprint density at radius 3 is 1.07 bits per heavy atom. The Kier molecular flexibility index (Phi) is 12.3. The fourth-order valence-corrected chi connectivity index (χ4v) is 13.5. The quantitative estimate of drug-likeness (QED) is 0.114. The van der Waals surface area contributed by atoms with E-state index in [0.717, 1.165) is 24.6 Å². The number of thioether (sulfide) groups is 6. The molecule has 6 aromatic rings. The van der Waals surface area contributed by atoms with Crippen molar-refractivity contribution in [3.8, 4) is 22.3 Å². The van der Waals surface area contributed by atoms with Crippen LogP contribution in [0.2, 0.25) is 0 Å². The number of hydrogen-bond acceptors (Lipinski definition) is 6. The van der Waals surface area contributed by atoms with Gasteiger partial charge in [0.15, 0.2) is 62.7 Å². The largest absolute Gasteiger partial charge is 0.208 e. The summed E-state index contributed by atoms with van der Waals surface area (Å²) in [5, 5.41) is 4.65. The molecule has 0 saturated heterocycles. The van der Waals surface area contributed by atoms with E-state index in [9.17, 15) is 0 Å². The average Bonchev–Trinajstić information content (AvgIpc) is 3.89. The van der Waals surface area contributed by atoms with Crippen molar-refractivity contribution in [2.45, 2.75) is 24.6 Å². The Morgan fingerprint density at radius 1 is 0.407 bits per heavy atom. The minimum atomic E-state index is 0.867. The van der Waals surface area contributed by atoms with Crippen LogP contribution in [0.1, 0.15) is 22.3 Å². The first kappa shape index (κ1) is 37.3. The summed E-state index contributed by atoms with van der Waals surface area (Å²) in [6.07, 6.45) is 17.0. The molecule has 0 atom stereocenters. The Balaban J connectivity index is 0.754. The minimum Gasteiger partial charge on any atom is -0.208 e. The summed E-state index contributed by atoms with van der Waals surface area (Å²) < 4.78 is 14.2. The van der Waals surface area contributed by atoms with Crippen molar-refractivity contribution >= 4 is 70.6 Å². The summed E-state index contributed by atoms with van der Waals surface area (Å²) in [6, 6.07) is 35.6. The van der Waals surface area contributed by atoms with Crippen molar-refractivity contribution in [2.24, 2.45) is 14.1 Å². The van der Waals surface area contributed by atoms with Gasteiger partial charge in [-0.25, -0.2) is 18.3 Å². The lowest BCUT2D eigenvalue weighted by Gasteiger charge is -2.06. The summed E-state index contributed by atoms with van der Waals surface area (Å²) in [6.45, 7) is 1.73. The van der Waals surface area contributed by atoms with E-state index in [2.05, 4.69) is 176 Å². The molecular weight excluding hydrogens is 777 g/mol. The number of hydrogen-bond donors (Lipinski definition) is 0. The third-order valence-corrected chi connectivity index (χ3v) is 17.1. The zero-order chi connectivity index (χ0) is 36.7. The van der Waals surface area contributed by atoms with Gasteiger partial charge in [0.1, 0.15) is 14.1 Å². The van der Waals surface area contributed by atoms with Gasteiger partial charge in [-0.3, -0.25) is 0 Å². The van der Waals surface area contributed by atoms with E-state index in [-0.39, 0.29) is 0 Å². The number of pyridine rings is 4. The first-order chi connectivity index (χ1) is 26.5. The van der Waals surface area contributed by atoms with E-state index >= 15 is 0 Å². The highest BCUT2D eigenvalue weighted by Crippen LogP contribution is 2.59. The number of rotatable bonds is 12. The lowest BCUT2D eigenvalue weighted by molar-refractivity contribution is -0.688. The Morgan fingerprint density at radius 2 is 0.722 bits per heavy atom. The van der Waals surface area contributed by atoms with Gasteiger partial charge in [-0.05, 0) is 44.2 Å². The maximum Gasteiger partial charge on any atom is 0.173 e. The van der Waals surface area contributed by atoms with Crippen molar-refractivity contribution in [1.82, 2.24) is 0 Å². The molecule has 0 unspecified atom stereocenters. The summed E-state index contributed by atoms with van der Waals surface area (Å²) in [5.74, 6) is 1.96. The van der Waals surface area contributed by atoms with Crippen molar-refractivity contribution in [1.29, 1.82) is 0 Å². The van der Waals surface area contributed by atoms with E-state index < -0.39 is 0 Å². The van der Waals surface area contributed by atoms with Gasteiger partial charge in [0, 0.05) is 71.2 Å². The van der Waals surface area contributed by atoms with Crippen molar-refractivity contribution in [2.75, 3.05) is 0 Å². The molecule has 0 saturated carbocycles. The van der Waals surface area contributed by atoms with E-state index in [0.29, 0.717) is 0 Å². The smallest absolute Gasteiger partial charge is 0.173 e. The van der Waals surface area contributed by atoms with Gasteiger partial charge in [0.2, 0.25) is 0 Å². The molecule has 2 aromatic carbocycles. The molecule has 0 aliphatic carbocycles. The van der Waals surface area contributed by atoms with Crippen LogP contribution >= 0.6 is 70.6 Å². The normalized spacial score (nSPS) is 15.4. The van der Waals surface area contributed by atoms with Crippen LogP contribution < -0.4 is 18.3 Å². The van der Waals surface area contributed by atoms with Gasteiger partial charge in [0.25, 0.3) is 0 Å². The van der Waals surface area contributed by atoms with E-state index in [1.807, 2.05) is 84.7 Å².